The minimum Gasteiger partial charge on any atom is -0.493 e. The lowest BCUT2D eigenvalue weighted by Gasteiger charge is -2.13. The minimum absolute atomic E-state index is 0.112. The zero-order chi connectivity index (χ0) is 11.4. The number of benzene rings is 1. The molecule has 1 atom stereocenters. The van der Waals surface area contributed by atoms with Crippen LogP contribution in [0.15, 0.2) is 18.2 Å². The Labute approximate surface area is 96.4 Å². The second-order valence-electron chi connectivity index (χ2n) is 3.88. The lowest BCUT2D eigenvalue weighted by Crippen LogP contribution is -2.24. The van der Waals surface area contributed by atoms with Gasteiger partial charge in [0.1, 0.15) is 5.75 Å². The summed E-state index contributed by atoms with van der Waals surface area (Å²) in [5.74, 6) is 1.02. The third kappa shape index (κ3) is 3.51. The molecule has 0 radical (unpaired) electrons. The summed E-state index contributed by atoms with van der Waals surface area (Å²) < 4.78 is 5.65. The van der Waals surface area contributed by atoms with Gasteiger partial charge in [-0.05, 0) is 25.5 Å². The summed E-state index contributed by atoms with van der Waals surface area (Å²) in [6, 6.07) is 6.12. The van der Waals surface area contributed by atoms with E-state index in [-0.39, 0.29) is 5.92 Å². The van der Waals surface area contributed by atoms with Gasteiger partial charge in [0.25, 0.3) is 0 Å². The molecule has 0 aliphatic heterocycles. The van der Waals surface area contributed by atoms with Crippen molar-refractivity contribution in [3.8, 4) is 5.75 Å². The fraction of sp³-hybridized carbons (Fsp3) is 0.417. The number of hydrogen-bond donors (Lipinski definition) is 1. The molecule has 1 unspecified atom stereocenters. The van der Waals surface area contributed by atoms with E-state index in [9.17, 15) is 0 Å². The zero-order valence-electron chi connectivity index (χ0n) is 9.41. The maximum Gasteiger partial charge on any atom is 0.122 e. The highest BCUT2D eigenvalue weighted by molar-refractivity contribution is 7.80. The average Bonchev–Trinajstić information content (AvgIpc) is 2.15. The monoisotopic (exact) mass is 223 g/mol. The quantitative estimate of drug-likeness (QED) is 0.797. The number of hydrogen-bond acceptors (Lipinski definition) is 2. The van der Waals surface area contributed by atoms with Gasteiger partial charge in [0, 0.05) is 5.92 Å². The molecule has 2 nitrogen and oxygen atoms in total. The SMILES string of the molecule is Cc1ccc(OCC(C)C(N)=S)c(C)c1. The third-order valence-corrected chi connectivity index (χ3v) is 2.71. The molecule has 0 aromatic heterocycles. The van der Waals surface area contributed by atoms with Crippen molar-refractivity contribution in [1.29, 1.82) is 0 Å². The van der Waals surface area contributed by atoms with Crippen LogP contribution in [-0.2, 0) is 0 Å². The Morgan fingerprint density at radius 1 is 1.47 bits per heavy atom. The Morgan fingerprint density at radius 2 is 2.13 bits per heavy atom. The molecule has 82 valence electrons. The fourth-order valence-corrected chi connectivity index (χ4v) is 1.33. The van der Waals surface area contributed by atoms with E-state index in [1.165, 1.54) is 5.56 Å². The van der Waals surface area contributed by atoms with Crippen molar-refractivity contribution in [2.75, 3.05) is 6.61 Å². The minimum atomic E-state index is 0.112. The smallest absolute Gasteiger partial charge is 0.122 e. The fourth-order valence-electron chi connectivity index (χ4n) is 1.26. The van der Waals surface area contributed by atoms with Crippen LogP contribution in [-0.4, -0.2) is 11.6 Å². The summed E-state index contributed by atoms with van der Waals surface area (Å²) in [4.78, 5) is 0.500. The average molecular weight is 223 g/mol. The van der Waals surface area contributed by atoms with Crippen LogP contribution in [0.1, 0.15) is 18.1 Å². The van der Waals surface area contributed by atoms with Crippen molar-refractivity contribution in [2.24, 2.45) is 11.7 Å². The van der Waals surface area contributed by atoms with E-state index in [1.54, 1.807) is 0 Å². The summed E-state index contributed by atoms with van der Waals surface area (Å²) in [6.45, 7) is 6.60. The van der Waals surface area contributed by atoms with E-state index in [1.807, 2.05) is 26.0 Å². The highest BCUT2D eigenvalue weighted by atomic mass is 32.1. The van der Waals surface area contributed by atoms with E-state index in [2.05, 4.69) is 13.0 Å². The van der Waals surface area contributed by atoms with Crippen molar-refractivity contribution in [1.82, 2.24) is 0 Å². The second-order valence-corrected chi connectivity index (χ2v) is 4.35. The van der Waals surface area contributed by atoms with Gasteiger partial charge in [-0.15, -0.1) is 0 Å². The molecule has 0 fully saturated rings. The first kappa shape index (κ1) is 12.0. The molecule has 3 heteroatoms. The highest BCUT2D eigenvalue weighted by Crippen LogP contribution is 2.19. The Hall–Kier alpha value is -1.09. The van der Waals surface area contributed by atoms with Crippen molar-refractivity contribution < 1.29 is 4.74 Å². The van der Waals surface area contributed by atoms with Crippen LogP contribution in [0.4, 0.5) is 0 Å². The number of nitrogens with two attached hydrogens (primary N) is 1. The van der Waals surface area contributed by atoms with E-state index in [4.69, 9.17) is 22.7 Å². The number of aryl methyl sites for hydroxylation is 2. The second kappa shape index (κ2) is 5.12. The summed E-state index contributed by atoms with van der Waals surface area (Å²) in [5.41, 5.74) is 7.90. The van der Waals surface area contributed by atoms with Crippen LogP contribution in [0.2, 0.25) is 0 Å². The van der Waals surface area contributed by atoms with Gasteiger partial charge in [-0.25, -0.2) is 0 Å². The van der Waals surface area contributed by atoms with Gasteiger partial charge in [-0.1, -0.05) is 36.8 Å². The summed E-state index contributed by atoms with van der Waals surface area (Å²) >= 11 is 4.89. The van der Waals surface area contributed by atoms with Gasteiger partial charge in [0.2, 0.25) is 0 Å². The molecule has 1 aromatic carbocycles. The van der Waals surface area contributed by atoms with Crippen LogP contribution in [0.25, 0.3) is 0 Å². The van der Waals surface area contributed by atoms with Gasteiger partial charge < -0.3 is 10.5 Å². The standard InChI is InChI=1S/C12H17NOS/c1-8-4-5-11(9(2)6-8)14-7-10(3)12(13)15/h4-6,10H,7H2,1-3H3,(H2,13,15). The molecule has 0 saturated heterocycles. The maximum atomic E-state index is 5.65. The van der Waals surface area contributed by atoms with Crippen molar-refractivity contribution in [3.63, 3.8) is 0 Å². The van der Waals surface area contributed by atoms with Crippen molar-refractivity contribution in [2.45, 2.75) is 20.8 Å². The molecule has 0 spiro atoms. The molecule has 0 bridgehead atoms. The van der Waals surface area contributed by atoms with Gasteiger partial charge in [0.05, 0.1) is 11.6 Å². The Balaban J connectivity index is 2.62. The van der Waals surface area contributed by atoms with Gasteiger partial charge >= 0.3 is 0 Å². The summed E-state index contributed by atoms with van der Waals surface area (Å²) in [7, 11) is 0. The van der Waals surface area contributed by atoms with Crippen LogP contribution in [0.3, 0.4) is 0 Å². The molecule has 0 heterocycles. The van der Waals surface area contributed by atoms with E-state index in [0.717, 1.165) is 11.3 Å². The first-order chi connectivity index (χ1) is 7.00. The molecule has 1 rings (SSSR count). The summed E-state index contributed by atoms with van der Waals surface area (Å²) in [6.07, 6.45) is 0. The normalized spacial score (nSPS) is 12.2. The van der Waals surface area contributed by atoms with Crippen LogP contribution < -0.4 is 10.5 Å². The zero-order valence-corrected chi connectivity index (χ0v) is 10.2. The highest BCUT2D eigenvalue weighted by Gasteiger charge is 2.07. The molecule has 0 aliphatic carbocycles. The molecule has 1 aromatic rings. The lowest BCUT2D eigenvalue weighted by molar-refractivity contribution is 0.291. The lowest BCUT2D eigenvalue weighted by atomic mass is 10.1. The number of thiocarbonyl (C=S) groups is 1. The van der Waals surface area contributed by atoms with Crippen LogP contribution in [0.5, 0.6) is 5.75 Å². The third-order valence-electron chi connectivity index (χ3n) is 2.30. The Bertz CT molecular complexity index is 363. The number of ether oxygens (including phenoxy) is 1. The van der Waals surface area contributed by atoms with Crippen molar-refractivity contribution in [3.05, 3.63) is 29.3 Å². The first-order valence-electron chi connectivity index (χ1n) is 5.00. The topological polar surface area (TPSA) is 35.2 Å². The summed E-state index contributed by atoms with van der Waals surface area (Å²) in [5, 5.41) is 0. The molecule has 0 saturated carbocycles. The molecular formula is C12H17NOS. The van der Waals surface area contributed by atoms with Crippen LogP contribution in [0, 0.1) is 19.8 Å². The molecule has 2 N–H and O–H groups in total. The van der Waals surface area contributed by atoms with Gasteiger partial charge in [-0.2, -0.15) is 0 Å². The molecule has 0 amide bonds. The first-order valence-corrected chi connectivity index (χ1v) is 5.41. The van der Waals surface area contributed by atoms with E-state index >= 15 is 0 Å². The Kier molecular flexibility index (Phi) is 4.09. The maximum absolute atomic E-state index is 5.65. The molecule has 15 heavy (non-hydrogen) atoms. The number of rotatable bonds is 4. The van der Waals surface area contributed by atoms with E-state index in [0.29, 0.717) is 11.6 Å². The molecular weight excluding hydrogens is 206 g/mol. The predicted molar refractivity (Wildman–Crippen MR) is 67.4 cm³/mol. The van der Waals surface area contributed by atoms with Gasteiger partial charge in [-0.3, -0.25) is 0 Å². The molecule has 0 aliphatic rings. The predicted octanol–water partition coefficient (Wildman–Crippen LogP) is 2.60. The van der Waals surface area contributed by atoms with Crippen LogP contribution >= 0.6 is 12.2 Å². The van der Waals surface area contributed by atoms with Crippen molar-refractivity contribution >= 4 is 17.2 Å². The Morgan fingerprint density at radius 3 is 2.67 bits per heavy atom. The largest absolute Gasteiger partial charge is 0.493 e. The van der Waals surface area contributed by atoms with E-state index < -0.39 is 0 Å². The van der Waals surface area contributed by atoms with Gasteiger partial charge in [0.15, 0.2) is 0 Å².